The molecule has 0 aliphatic carbocycles. The number of carbonyl (C=O) groups is 1. The van der Waals surface area contributed by atoms with Crippen LogP contribution in [0.5, 0.6) is 5.75 Å². The highest BCUT2D eigenvalue weighted by Gasteiger charge is 2.15. The second-order valence-electron chi connectivity index (χ2n) is 5.78. The van der Waals surface area contributed by atoms with Gasteiger partial charge in [-0.2, -0.15) is 0 Å². The minimum Gasteiger partial charge on any atom is -0.497 e. The number of nitrogens with zero attached hydrogens (tertiary/aromatic N) is 1. The molecule has 2 rings (SSSR count). The average Bonchev–Trinajstić information content (AvgIpc) is 2.61. The first kappa shape index (κ1) is 19.6. The van der Waals surface area contributed by atoms with E-state index in [4.69, 9.17) is 16.3 Å². The molecule has 1 amide bonds. The monoisotopic (exact) mass is 378 g/mol. The zero-order chi connectivity index (χ0) is 18.2. The maximum atomic E-state index is 12.2. The van der Waals surface area contributed by atoms with Crippen LogP contribution in [0.15, 0.2) is 53.4 Å². The molecule has 0 spiro atoms. The molecule has 0 aliphatic heterocycles. The molecule has 0 radical (unpaired) electrons. The maximum absolute atomic E-state index is 12.2. The van der Waals surface area contributed by atoms with E-state index < -0.39 is 0 Å². The summed E-state index contributed by atoms with van der Waals surface area (Å²) in [5.41, 5.74) is 1.13. The van der Waals surface area contributed by atoms with Gasteiger partial charge in [0.2, 0.25) is 5.91 Å². The Bertz CT molecular complexity index is 692. The number of halogens is 1. The predicted octanol–water partition coefficient (Wildman–Crippen LogP) is 3.86. The van der Waals surface area contributed by atoms with E-state index in [-0.39, 0.29) is 11.9 Å². The zero-order valence-electron chi connectivity index (χ0n) is 14.7. The van der Waals surface area contributed by atoms with Crippen LogP contribution >= 0.6 is 23.4 Å². The lowest BCUT2D eigenvalue weighted by Crippen LogP contribution is -2.35. The topological polar surface area (TPSA) is 41.6 Å². The number of hydrogen-bond acceptors (Lipinski definition) is 4. The Hall–Kier alpha value is -1.69. The normalized spacial score (nSPS) is 12.0. The van der Waals surface area contributed by atoms with Crippen molar-refractivity contribution in [1.29, 1.82) is 0 Å². The smallest absolute Gasteiger partial charge is 0.230 e. The van der Waals surface area contributed by atoms with Crippen LogP contribution < -0.4 is 10.1 Å². The third kappa shape index (κ3) is 5.96. The lowest BCUT2D eigenvalue weighted by Gasteiger charge is -2.25. The summed E-state index contributed by atoms with van der Waals surface area (Å²) in [6.07, 6.45) is 0. The Kier molecular flexibility index (Phi) is 7.62. The van der Waals surface area contributed by atoms with E-state index in [1.807, 2.05) is 62.6 Å². The van der Waals surface area contributed by atoms with Gasteiger partial charge in [-0.3, -0.25) is 4.79 Å². The van der Waals surface area contributed by atoms with Gasteiger partial charge in [-0.15, -0.1) is 11.8 Å². The molecule has 1 N–H and O–H groups in total. The molecule has 0 aliphatic rings. The van der Waals surface area contributed by atoms with Crippen LogP contribution in [-0.4, -0.2) is 44.3 Å². The molecular weight excluding hydrogens is 356 g/mol. The third-order valence-electron chi connectivity index (χ3n) is 3.81. The van der Waals surface area contributed by atoms with Gasteiger partial charge < -0.3 is 15.0 Å². The largest absolute Gasteiger partial charge is 0.497 e. The standard InChI is InChI=1S/C19H23ClN2O2S/c1-22(2)17(14-8-10-15(24-3)11-9-14)12-21-19(23)13-25-18-7-5-4-6-16(18)20/h4-11,17H,12-13H2,1-3H3,(H,21,23)/t17-/m0/s1. The average molecular weight is 379 g/mol. The molecule has 0 aromatic heterocycles. The van der Waals surface area contributed by atoms with Crippen LogP contribution in [0.2, 0.25) is 5.02 Å². The molecule has 0 saturated heterocycles. The summed E-state index contributed by atoms with van der Waals surface area (Å²) in [4.78, 5) is 15.2. The third-order valence-corrected chi connectivity index (χ3v) is 5.33. The number of thioether (sulfide) groups is 1. The number of nitrogens with one attached hydrogen (secondary N) is 1. The van der Waals surface area contributed by atoms with Gasteiger partial charge in [0.1, 0.15) is 5.75 Å². The van der Waals surface area contributed by atoms with E-state index in [0.717, 1.165) is 16.2 Å². The quantitative estimate of drug-likeness (QED) is 0.708. The summed E-state index contributed by atoms with van der Waals surface area (Å²) in [6.45, 7) is 0.543. The molecule has 0 heterocycles. The molecule has 0 fully saturated rings. The van der Waals surface area contributed by atoms with Gasteiger partial charge >= 0.3 is 0 Å². The Balaban J connectivity index is 1.89. The van der Waals surface area contributed by atoms with Gasteiger partial charge in [0.25, 0.3) is 0 Å². The lowest BCUT2D eigenvalue weighted by atomic mass is 10.1. The van der Waals surface area contributed by atoms with Gasteiger partial charge in [-0.05, 0) is 43.9 Å². The minimum absolute atomic E-state index is 0.00900. The van der Waals surface area contributed by atoms with Gasteiger partial charge in [0.15, 0.2) is 0 Å². The number of carbonyl (C=O) groups excluding carboxylic acids is 1. The molecule has 0 bridgehead atoms. The van der Waals surface area contributed by atoms with Gasteiger partial charge in [0, 0.05) is 11.4 Å². The summed E-state index contributed by atoms with van der Waals surface area (Å²) in [5, 5.41) is 3.68. The number of benzene rings is 2. The van der Waals surface area contributed by atoms with Crippen LogP contribution in [-0.2, 0) is 4.79 Å². The van der Waals surface area contributed by atoms with E-state index in [0.29, 0.717) is 17.3 Å². The van der Waals surface area contributed by atoms with Crippen LogP contribution in [0.3, 0.4) is 0 Å². The van der Waals surface area contributed by atoms with Crippen molar-refractivity contribution in [2.75, 3.05) is 33.5 Å². The van der Waals surface area contributed by atoms with E-state index >= 15 is 0 Å². The van der Waals surface area contributed by atoms with Crippen LogP contribution in [0, 0.1) is 0 Å². The van der Waals surface area contributed by atoms with Crippen molar-refractivity contribution in [2.24, 2.45) is 0 Å². The Morgan fingerprint density at radius 2 is 1.88 bits per heavy atom. The fourth-order valence-corrected chi connectivity index (χ4v) is 3.46. The van der Waals surface area contributed by atoms with E-state index in [1.54, 1.807) is 7.11 Å². The molecule has 0 saturated carbocycles. The van der Waals surface area contributed by atoms with Crippen molar-refractivity contribution >= 4 is 29.3 Å². The van der Waals surface area contributed by atoms with E-state index in [9.17, 15) is 4.79 Å². The number of methoxy groups -OCH3 is 1. The number of hydrogen-bond donors (Lipinski definition) is 1. The molecule has 2 aromatic rings. The second-order valence-corrected chi connectivity index (χ2v) is 7.20. The van der Waals surface area contributed by atoms with Crippen LogP contribution in [0.25, 0.3) is 0 Å². The number of likely N-dealkylation sites (N-methyl/N-ethyl adjacent to an activating group) is 1. The molecule has 0 unspecified atom stereocenters. The SMILES string of the molecule is COc1ccc([C@H](CNC(=O)CSc2ccccc2Cl)N(C)C)cc1. The van der Waals surface area contributed by atoms with Crippen molar-refractivity contribution in [3.63, 3.8) is 0 Å². The molecule has 134 valence electrons. The Labute approximate surface area is 158 Å². The first-order chi connectivity index (χ1) is 12.0. The highest BCUT2D eigenvalue weighted by molar-refractivity contribution is 8.00. The number of amides is 1. The second kappa shape index (κ2) is 9.70. The van der Waals surface area contributed by atoms with Crippen molar-refractivity contribution in [1.82, 2.24) is 10.2 Å². The highest BCUT2D eigenvalue weighted by atomic mass is 35.5. The number of rotatable bonds is 8. The number of ether oxygens (including phenoxy) is 1. The highest BCUT2D eigenvalue weighted by Crippen LogP contribution is 2.26. The molecular formula is C19H23ClN2O2S. The first-order valence-electron chi connectivity index (χ1n) is 7.95. The summed E-state index contributed by atoms with van der Waals surface area (Å²) >= 11 is 7.55. The molecule has 2 aromatic carbocycles. The molecule has 4 nitrogen and oxygen atoms in total. The van der Waals surface area contributed by atoms with Crippen molar-refractivity contribution < 1.29 is 9.53 Å². The van der Waals surface area contributed by atoms with Crippen molar-refractivity contribution in [3.8, 4) is 5.75 Å². The zero-order valence-corrected chi connectivity index (χ0v) is 16.2. The summed E-state index contributed by atoms with van der Waals surface area (Å²) < 4.78 is 5.19. The Morgan fingerprint density at radius 1 is 1.20 bits per heavy atom. The lowest BCUT2D eigenvalue weighted by molar-refractivity contribution is -0.118. The summed E-state index contributed by atoms with van der Waals surface area (Å²) in [6, 6.07) is 15.5. The van der Waals surface area contributed by atoms with E-state index in [2.05, 4.69) is 10.2 Å². The van der Waals surface area contributed by atoms with Crippen molar-refractivity contribution in [3.05, 3.63) is 59.1 Å². The fourth-order valence-electron chi connectivity index (χ4n) is 2.39. The van der Waals surface area contributed by atoms with Gasteiger partial charge in [-0.25, -0.2) is 0 Å². The molecule has 25 heavy (non-hydrogen) atoms. The van der Waals surface area contributed by atoms with Crippen LogP contribution in [0.4, 0.5) is 0 Å². The fraction of sp³-hybridized carbons (Fsp3) is 0.316. The van der Waals surface area contributed by atoms with Gasteiger partial charge in [0.05, 0.1) is 23.9 Å². The molecule has 6 heteroatoms. The Morgan fingerprint density at radius 3 is 2.48 bits per heavy atom. The van der Waals surface area contributed by atoms with Crippen LogP contribution in [0.1, 0.15) is 11.6 Å². The first-order valence-corrected chi connectivity index (χ1v) is 9.32. The predicted molar refractivity (Wildman–Crippen MR) is 105 cm³/mol. The maximum Gasteiger partial charge on any atom is 0.230 e. The summed E-state index contributed by atoms with van der Waals surface area (Å²) in [7, 11) is 5.65. The van der Waals surface area contributed by atoms with Crippen molar-refractivity contribution in [2.45, 2.75) is 10.9 Å². The van der Waals surface area contributed by atoms with E-state index in [1.165, 1.54) is 11.8 Å². The summed E-state index contributed by atoms with van der Waals surface area (Å²) in [5.74, 6) is 1.15. The van der Waals surface area contributed by atoms with Gasteiger partial charge in [-0.1, -0.05) is 35.9 Å². The molecule has 1 atom stereocenters. The minimum atomic E-state index is -0.00900.